The highest BCUT2D eigenvalue weighted by molar-refractivity contribution is 7.10. The van der Waals surface area contributed by atoms with Crippen molar-refractivity contribution in [3.63, 3.8) is 0 Å². The first kappa shape index (κ1) is 11.8. The van der Waals surface area contributed by atoms with E-state index in [0.29, 0.717) is 11.2 Å². The molecule has 0 aliphatic heterocycles. The van der Waals surface area contributed by atoms with E-state index in [0.717, 1.165) is 6.42 Å². The lowest BCUT2D eigenvalue weighted by molar-refractivity contribution is 0.260. The second-order valence-electron chi connectivity index (χ2n) is 4.93. The predicted octanol–water partition coefficient (Wildman–Crippen LogP) is 1.25. The van der Waals surface area contributed by atoms with E-state index in [1.165, 1.54) is 16.8 Å². The number of aliphatic hydroxyl groups is 1. The van der Waals surface area contributed by atoms with Crippen molar-refractivity contribution in [3.8, 4) is 0 Å². The van der Waals surface area contributed by atoms with Crippen LogP contribution in [0.25, 0.3) is 11.2 Å². The number of imidazole rings is 1. The molecule has 0 amide bonds. The summed E-state index contributed by atoms with van der Waals surface area (Å²) in [5.41, 5.74) is 1.93. The summed E-state index contributed by atoms with van der Waals surface area (Å²) in [6.07, 6.45) is 3.88. The molecule has 3 aromatic heterocycles. The number of aromatic amines is 1. The third kappa shape index (κ3) is 1.50. The van der Waals surface area contributed by atoms with Gasteiger partial charge in [-0.2, -0.15) is 0 Å². The minimum absolute atomic E-state index is 0.0905. The van der Waals surface area contributed by atoms with Gasteiger partial charge in [0.15, 0.2) is 11.2 Å². The summed E-state index contributed by atoms with van der Waals surface area (Å²) in [7, 11) is 0. The van der Waals surface area contributed by atoms with Gasteiger partial charge in [-0.3, -0.25) is 4.79 Å². The van der Waals surface area contributed by atoms with Crippen LogP contribution in [0, 0.1) is 0 Å². The first-order chi connectivity index (χ1) is 9.79. The van der Waals surface area contributed by atoms with Crippen LogP contribution in [0.15, 0.2) is 28.9 Å². The van der Waals surface area contributed by atoms with Crippen molar-refractivity contribution in [2.24, 2.45) is 0 Å². The second kappa shape index (κ2) is 4.26. The Kier molecular flexibility index (Phi) is 2.51. The lowest BCUT2D eigenvalue weighted by Gasteiger charge is -2.13. The summed E-state index contributed by atoms with van der Waals surface area (Å²) in [6.45, 7) is 0.144. The summed E-state index contributed by atoms with van der Waals surface area (Å²) >= 11 is 1.67. The molecule has 0 radical (unpaired) electrons. The highest BCUT2D eigenvalue weighted by Gasteiger charge is 2.33. The zero-order chi connectivity index (χ0) is 13.7. The van der Waals surface area contributed by atoms with Gasteiger partial charge < -0.3 is 14.7 Å². The Morgan fingerprint density at radius 2 is 2.40 bits per heavy atom. The van der Waals surface area contributed by atoms with E-state index < -0.39 is 0 Å². The number of thiophene rings is 1. The molecule has 6 nitrogen and oxygen atoms in total. The van der Waals surface area contributed by atoms with Gasteiger partial charge in [-0.25, -0.2) is 9.97 Å². The lowest BCUT2D eigenvalue weighted by atomic mass is 10.1. The molecule has 0 unspecified atom stereocenters. The Morgan fingerprint density at radius 3 is 3.25 bits per heavy atom. The van der Waals surface area contributed by atoms with Gasteiger partial charge in [0.05, 0.1) is 25.3 Å². The summed E-state index contributed by atoms with van der Waals surface area (Å²) in [6, 6.07) is 2.17. The van der Waals surface area contributed by atoms with E-state index in [2.05, 4.69) is 21.0 Å². The quantitative estimate of drug-likeness (QED) is 0.743. The van der Waals surface area contributed by atoms with Crippen LogP contribution < -0.4 is 5.56 Å². The third-order valence-corrected chi connectivity index (χ3v) is 4.98. The standard InChI is InChI=1S/C13H12N4O2S/c18-4-7-3-9(8-1-2-20-11(7)8)17-6-16-10-12(17)14-5-15-13(10)19/h1-2,5-7,9,18H,3-4H2,(H,14,15,19)/t7-,9-/m1/s1. The Labute approximate surface area is 117 Å². The number of aromatic nitrogens is 4. The molecule has 0 spiro atoms. The van der Waals surface area contributed by atoms with Crippen molar-refractivity contribution >= 4 is 22.5 Å². The number of hydrogen-bond donors (Lipinski definition) is 2. The molecule has 0 bridgehead atoms. The van der Waals surface area contributed by atoms with Crippen LogP contribution in [0.4, 0.5) is 0 Å². The fraction of sp³-hybridized carbons (Fsp3) is 0.308. The van der Waals surface area contributed by atoms with E-state index in [1.54, 1.807) is 17.7 Å². The highest BCUT2D eigenvalue weighted by atomic mass is 32.1. The molecule has 0 fully saturated rings. The maximum absolute atomic E-state index is 11.7. The largest absolute Gasteiger partial charge is 0.396 e. The predicted molar refractivity (Wildman–Crippen MR) is 75.1 cm³/mol. The fourth-order valence-electron chi connectivity index (χ4n) is 2.95. The number of rotatable bonds is 2. The SMILES string of the molecule is O=c1[nH]cnc2c1ncn2[C@@H]1C[C@H](CO)c2sccc21. The van der Waals surface area contributed by atoms with Crippen LogP contribution in [0.3, 0.4) is 0 Å². The van der Waals surface area contributed by atoms with Crippen LogP contribution in [-0.2, 0) is 0 Å². The molecule has 0 saturated heterocycles. The maximum Gasteiger partial charge on any atom is 0.278 e. The van der Waals surface area contributed by atoms with Crippen LogP contribution in [0.1, 0.15) is 28.8 Å². The molecular weight excluding hydrogens is 276 g/mol. The third-order valence-electron chi connectivity index (χ3n) is 3.89. The van der Waals surface area contributed by atoms with Crippen molar-refractivity contribution in [1.29, 1.82) is 0 Å². The highest BCUT2D eigenvalue weighted by Crippen LogP contribution is 2.45. The van der Waals surface area contributed by atoms with Crippen LogP contribution in [0.5, 0.6) is 0 Å². The van der Waals surface area contributed by atoms with Gasteiger partial charge in [0, 0.05) is 10.8 Å². The van der Waals surface area contributed by atoms with E-state index in [9.17, 15) is 9.90 Å². The van der Waals surface area contributed by atoms with Crippen LogP contribution in [-0.4, -0.2) is 31.2 Å². The van der Waals surface area contributed by atoms with Crippen molar-refractivity contribution < 1.29 is 5.11 Å². The molecule has 0 aromatic carbocycles. The fourth-order valence-corrected chi connectivity index (χ4v) is 4.02. The van der Waals surface area contributed by atoms with Crippen LogP contribution >= 0.6 is 11.3 Å². The zero-order valence-corrected chi connectivity index (χ0v) is 11.3. The zero-order valence-electron chi connectivity index (χ0n) is 10.5. The number of H-pyrrole nitrogens is 1. The molecule has 102 valence electrons. The van der Waals surface area contributed by atoms with E-state index in [-0.39, 0.29) is 24.1 Å². The summed E-state index contributed by atoms with van der Waals surface area (Å²) in [4.78, 5) is 23.9. The number of aliphatic hydroxyl groups excluding tert-OH is 1. The van der Waals surface area contributed by atoms with Gasteiger partial charge in [-0.15, -0.1) is 11.3 Å². The monoisotopic (exact) mass is 288 g/mol. The number of nitrogens with zero attached hydrogens (tertiary/aromatic N) is 3. The Hall–Kier alpha value is -1.99. The maximum atomic E-state index is 11.7. The first-order valence-corrected chi connectivity index (χ1v) is 7.26. The molecular formula is C13H12N4O2S. The molecule has 1 aliphatic rings. The van der Waals surface area contributed by atoms with Gasteiger partial charge in [-0.1, -0.05) is 0 Å². The molecule has 4 rings (SSSR count). The average molecular weight is 288 g/mol. The molecule has 2 atom stereocenters. The molecule has 1 aliphatic carbocycles. The number of nitrogens with one attached hydrogen (secondary N) is 1. The van der Waals surface area contributed by atoms with Crippen LogP contribution in [0.2, 0.25) is 0 Å². The van der Waals surface area contributed by atoms with Crippen molar-refractivity contribution in [2.45, 2.75) is 18.4 Å². The van der Waals surface area contributed by atoms with Gasteiger partial charge >= 0.3 is 0 Å². The first-order valence-electron chi connectivity index (χ1n) is 6.38. The smallest absolute Gasteiger partial charge is 0.278 e. The van der Waals surface area contributed by atoms with E-state index in [4.69, 9.17) is 0 Å². The summed E-state index contributed by atoms with van der Waals surface area (Å²) in [5.74, 6) is 0.162. The van der Waals surface area contributed by atoms with Crippen molar-refractivity contribution in [1.82, 2.24) is 19.5 Å². The average Bonchev–Trinajstić information content (AvgIpc) is 3.12. The van der Waals surface area contributed by atoms with Gasteiger partial charge in [0.2, 0.25) is 0 Å². The second-order valence-corrected chi connectivity index (χ2v) is 5.87. The molecule has 3 heterocycles. The minimum Gasteiger partial charge on any atom is -0.396 e. The van der Waals surface area contributed by atoms with Crippen molar-refractivity contribution in [3.05, 3.63) is 44.9 Å². The number of hydrogen-bond acceptors (Lipinski definition) is 5. The lowest BCUT2D eigenvalue weighted by Crippen LogP contribution is -2.11. The Morgan fingerprint density at radius 1 is 1.50 bits per heavy atom. The molecule has 0 saturated carbocycles. The molecule has 2 N–H and O–H groups in total. The van der Waals surface area contributed by atoms with Crippen molar-refractivity contribution in [2.75, 3.05) is 6.61 Å². The molecule has 20 heavy (non-hydrogen) atoms. The van der Waals surface area contributed by atoms with E-state index in [1.807, 2.05) is 9.95 Å². The van der Waals surface area contributed by atoms with Gasteiger partial charge in [-0.05, 0) is 23.4 Å². The summed E-state index contributed by atoms with van der Waals surface area (Å²) < 4.78 is 1.94. The summed E-state index contributed by atoms with van der Waals surface area (Å²) in [5, 5.41) is 11.6. The Balaban J connectivity index is 1.90. The van der Waals surface area contributed by atoms with E-state index >= 15 is 0 Å². The Bertz CT molecular complexity index is 834. The van der Waals surface area contributed by atoms with Gasteiger partial charge in [0.1, 0.15) is 0 Å². The molecule has 7 heteroatoms. The minimum atomic E-state index is -0.226. The van der Waals surface area contributed by atoms with Gasteiger partial charge in [0.25, 0.3) is 5.56 Å². The topological polar surface area (TPSA) is 83.8 Å². The molecule has 3 aromatic rings. The normalized spacial score (nSPS) is 21.4. The number of fused-ring (bicyclic) bond motifs is 2.